The number of hydrogen-bond donors (Lipinski definition) is 3. The van der Waals surface area contributed by atoms with Crippen LogP contribution in [-0.4, -0.2) is 47.7 Å². The van der Waals surface area contributed by atoms with E-state index in [1.165, 1.54) is 12.1 Å². The van der Waals surface area contributed by atoms with Crippen molar-refractivity contribution in [3.05, 3.63) is 71.3 Å². The Labute approximate surface area is 199 Å². The second kappa shape index (κ2) is 10.6. The highest BCUT2D eigenvalue weighted by molar-refractivity contribution is 8.15. The molecule has 2 unspecified atom stereocenters. The van der Waals surface area contributed by atoms with E-state index < -0.39 is 34.5 Å². The molecule has 12 heteroatoms. The fourth-order valence-electron chi connectivity index (χ4n) is 3.34. The normalized spacial score (nSPS) is 19.0. The number of ether oxygens (including phenoxy) is 1. The monoisotopic (exact) mass is 490 g/mol. The predicted octanol–water partition coefficient (Wildman–Crippen LogP) is 2.46. The number of thioether (sulfide) groups is 1. The van der Waals surface area contributed by atoms with E-state index in [-0.39, 0.29) is 29.5 Å². The lowest BCUT2D eigenvalue weighted by molar-refractivity contribution is -0.144. The van der Waals surface area contributed by atoms with E-state index in [2.05, 4.69) is 15.4 Å². The Kier molecular flexibility index (Phi) is 7.84. The number of hydrazone groups is 1. The molecule has 0 spiro atoms. The molecular formula is C22H24F2N6O3S. The van der Waals surface area contributed by atoms with Crippen LogP contribution in [0.4, 0.5) is 13.6 Å². The number of carbonyl (C=O) groups is 2. The quantitative estimate of drug-likeness (QED) is 0.405. The van der Waals surface area contributed by atoms with E-state index in [1.807, 2.05) is 6.07 Å². The van der Waals surface area contributed by atoms with Crippen molar-refractivity contribution in [3.63, 3.8) is 0 Å². The van der Waals surface area contributed by atoms with Gasteiger partial charge in [0.2, 0.25) is 0 Å². The fraction of sp³-hybridized carbons (Fsp3) is 0.273. The van der Waals surface area contributed by atoms with Gasteiger partial charge >= 0.3 is 6.03 Å². The number of rotatable bonds is 7. The number of hydrogen-bond acceptors (Lipinski definition) is 6. The van der Waals surface area contributed by atoms with Gasteiger partial charge in [-0.05, 0) is 30.7 Å². The number of nitrogens with two attached hydrogens (primary N) is 2. The average molecular weight is 491 g/mol. The third kappa shape index (κ3) is 5.34. The first-order valence-corrected chi connectivity index (χ1v) is 11.0. The molecule has 1 aliphatic heterocycles. The maximum atomic E-state index is 14.6. The van der Waals surface area contributed by atoms with E-state index in [9.17, 15) is 18.4 Å². The molecule has 180 valence electrons. The molecule has 2 atom stereocenters. The Morgan fingerprint density at radius 1 is 1.24 bits per heavy atom. The lowest BCUT2D eigenvalue weighted by Crippen LogP contribution is -2.46. The van der Waals surface area contributed by atoms with E-state index in [1.54, 1.807) is 31.2 Å². The van der Waals surface area contributed by atoms with Crippen molar-refractivity contribution in [2.24, 2.45) is 21.6 Å². The van der Waals surface area contributed by atoms with Gasteiger partial charge in [0.25, 0.3) is 5.91 Å². The van der Waals surface area contributed by atoms with Crippen LogP contribution < -0.4 is 16.8 Å². The summed E-state index contributed by atoms with van der Waals surface area (Å²) in [4.78, 5) is 27.2. The molecule has 2 aromatic carbocycles. The largest absolute Gasteiger partial charge is 0.372 e. The Balaban J connectivity index is 2.10. The molecule has 1 heterocycles. The minimum absolute atomic E-state index is 0.0492. The van der Waals surface area contributed by atoms with Gasteiger partial charge in [-0.2, -0.15) is 5.10 Å². The van der Waals surface area contributed by atoms with Crippen LogP contribution in [0.25, 0.3) is 0 Å². The molecule has 3 amide bonds. The second-order valence-electron chi connectivity index (χ2n) is 7.32. The molecular weight excluding hydrogens is 466 g/mol. The molecule has 0 saturated carbocycles. The highest BCUT2D eigenvalue weighted by atomic mass is 32.2. The van der Waals surface area contributed by atoms with Crippen molar-refractivity contribution in [2.75, 3.05) is 13.7 Å². The smallest absolute Gasteiger partial charge is 0.318 e. The SMILES string of the molecule is COC(C)C(=O)N1N=C(c2cc(F)ccc2F)SC1(CCN=C(N)NC(N)=O)c1ccccc1. The van der Waals surface area contributed by atoms with Crippen molar-refractivity contribution in [2.45, 2.75) is 24.3 Å². The Morgan fingerprint density at radius 2 is 1.94 bits per heavy atom. The van der Waals surface area contributed by atoms with Crippen molar-refractivity contribution < 1.29 is 23.1 Å². The van der Waals surface area contributed by atoms with Crippen LogP contribution in [0, 0.1) is 11.6 Å². The minimum Gasteiger partial charge on any atom is -0.372 e. The van der Waals surface area contributed by atoms with Crippen molar-refractivity contribution >= 4 is 34.7 Å². The van der Waals surface area contributed by atoms with Crippen LogP contribution in [0.2, 0.25) is 0 Å². The summed E-state index contributed by atoms with van der Waals surface area (Å²) in [5, 5.41) is 7.91. The number of aliphatic imine (C=N–C) groups is 1. The first-order chi connectivity index (χ1) is 16.2. The van der Waals surface area contributed by atoms with E-state index in [4.69, 9.17) is 16.2 Å². The summed E-state index contributed by atoms with van der Waals surface area (Å²) in [6.45, 7) is 1.61. The maximum absolute atomic E-state index is 14.6. The topological polar surface area (TPSA) is 135 Å². The van der Waals surface area contributed by atoms with Crippen molar-refractivity contribution in [1.29, 1.82) is 0 Å². The number of amides is 3. The number of guanidine groups is 1. The number of nitrogens with zero attached hydrogens (tertiary/aromatic N) is 3. The van der Waals surface area contributed by atoms with E-state index in [0.717, 1.165) is 30.0 Å². The van der Waals surface area contributed by atoms with Crippen LogP contribution >= 0.6 is 11.8 Å². The highest BCUT2D eigenvalue weighted by Crippen LogP contribution is 2.50. The van der Waals surface area contributed by atoms with Crippen molar-refractivity contribution in [3.8, 4) is 0 Å². The molecule has 0 radical (unpaired) electrons. The maximum Gasteiger partial charge on any atom is 0.318 e. The summed E-state index contributed by atoms with van der Waals surface area (Å²) in [5.74, 6) is -2.01. The first-order valence-electron chi connectivity index (χ1n) is 10.2. The van der Waals surface area contributed by atoms with E-state index >= 15 is 0 Å². The minimum atomic E-state index is -1.18. The molecule has 0 fully saturated rings. The van der Waals surface area contributed by atoms with Gasteiger partial charge in [-0.15, -0.1) is 0 Å². The van der Waals surface area contributed by atoms with Gasteiger partial charge in [-0.3, -0.25) is 15.1 Å². The summed E-state index contributed by atoms with van der Waals surface area (Å²) in [7, 11) is 1.38. The number of benzene rings is 2. The van der Waals surface area contributed by atoms with Crippen LogP contribution in [0.5, 0.6) is 0 Å². The van der Waals surface area contributed by atoms with Crippen LogP contribution in [0.15, 0.2) is 58.6 Å². The summed E-state index contributed by atoms with van der Waals surface area (Å²) in [5.41, 5.74) is 11.3. The number of urea groups is 1. The zero-order valence-corrected chi connectivity index (χ0v) is 19.3. The molecule has 5 N–H and O–H groups in total. The molecule has 0 aromatic heterocycles. The lowest BCUT2D eigenvalue weighted by Gasteiger charge is -2.36. The van der Waals surface area contributed by atoms with Gasteiger partial charge in [-0.1, -0.05) is 42.1 Å². The summed E-state index contributed by atoms with van der Waals surface area (Å²) >= 11 is 1.09. The Hall–Kier alpha value is -3.51. The Morgan fingerprint density at radius 3 is 2.59 bits per heavy atom. The number of methoxy groups -OCH3 is 1. The standard InChI is InChI=1S/C22H24F2N6O3S/c1-13(33-2)19(31)30-22(14-6-4-3-5-7-14,10-11-27-20(25)28-21(26)32)34-18(29-30)16-12-15(23)8-9-17(16)24/h3-9,12-13H,10-11H2,1-2H3,(H5,25,26,27,28,32). The van der Waals surface area contributed by atoms with Gasteiger partial charge < -0.3 is 16.2 Å². The number of halogens is 2. The molecule has 0 saturated heterocycles. The van der Waals surface area contributed by atoms with Gasteiger partial charge in [0.1, 0.15) is 27.7 Å². The molecule has 34 heavy (non-hydrogen) atoms. The molecule has 3 rings (SSSR count). The lowest BCUT2D eigenvalue weighted by atomic mass is 10.0. The summed E-state index contributed by atoms with van der Waals surface area (Å²) < 4.78 is 33.8. The summed E-state index contributed by atoms with van der Waals surface area (Å²) in [6, 6.07) is 11.1. The van der Waals surface area contributed by atoms with Crippen LogP contribution in [0.1, 0.15) is 24.5 Å². The summed E-state index contributed by atoms with van der Waals surface area (Å²) in [6.07, 6.45) is -0.705. The molecule has 0 aliphatic carbocycles. The van der Waals surface area contributed by atoms with Gasteiger partial charge in [0.05, 0.1) is 0 Å². The number of nitrogens with one attached hydrogen (secondary N) is 1. The van der Waals surface area contributed by atoms with Crippen molar-refractivity contribution in [1.82, 2.24) is 10.3 Å². The molecule has 1 aliphatic rings. The van der Waals surface area contributed by atoms with E-state index in [0.29, 0.717) is 5.56 Å². The van der Waals surface area contributed by atoms with Crippen LogP contribution in [-0.2, 0) is 14.4 Å². The van der Waals surface area contributed by atoms with Gasteiger partial charge in [0.15, 0.2) is 5.96 Å². The molecule has 0 bridgehead atoms. The third-order valence-corrected chi connectivity index (χ3v) is 6.52. The predicted molar refractivity (Wildman–Crippen MR) is 126 cm³/mol. The fourth-order valence-corrected chi connectivity index (χ4v) is 4.71. The average Bonchev–Trinajstić information content (AvgIpc) is 3.20. The van der Waals surface area contributed by atoms with Gasteiger partial charge in [0, 0.05) is 25.6 Å². The zero-order chi connectivity index (χ0) is 24.9. The first kappa shape index (κ1) is 25.1. The third-order valence-electron chi connectivity index (χ3n) is 5.08. The van der Waals surface area contributed by atoms with Crippen LogP contribution in [0.3, 0.4) is 0 Å². The molecule has 9 nitrogen and oxygen atoms in total. The second-order valence-corrected chi connectivity index (χ2v) is 8.58. The highest BCUT2D eigenvalue weighted by Gasteiger charge is 2.49. The number of carbonyl (C=O) groups excluding carboxylic acids is 2. The molecule has 2 aromatic rings. The Bertz CT molecular complexity index is 1130. The number of primary amides is 1. The zero-order valence-electron chi connectivity index (χ0n) is 18.5. The van der Waals surface area contributed by atoms with Gasteiger partial charge in [-0.25, -0.2) is 18.6 Å².